The van der Waals surface area contributed by atoms with Crippen molar-refractivity contribution in [3.63, 3.8) is 0 Å². The van der Waals surface area contributed by atoms with Crippen LogP contribution in [0.25, 0.3) is 0 Å². The number of nitrogens with one attached hydrogen (secondary N) is 2. The maximum atomic E-state index is 11.7. The van der Waals surface area contributed by atoms with E-state index in [0.29, 0.717) is 12.1 Å². The van der Waals surface area contributed by atoms with E-state index in [0.717, 1.165) is 12.8 Å². The highest BCUT2D eigenvalue weighted by Gasteiger charge is 2.13. The fraction of sp³-hybridized carbons (Fsp3) is 0.538. The van der Waals surface area contributed by atoms with Crippen LogP contribution in [0.3, 0.4) is 0 Å². The molecular formula is C13H20N2O3. The number of aromatic nitrogens is 1. The van der Waals surface area contributed by atoms with Crippen LogP contribution in [-0.2, 0) is 4.79 Å². The summed E-state index contributed by atoms with van der Waals surface area (Å²) in [6, 6.07) is 3.53. The van der Waals surface area contributed by atoms with Crippen LogP contribution in [0.15, 0.2) is 18.3 Å². The molecule has 0 bridgehead atoms. The van der Waals surface area contributed by atoms with Gasteiger partial charge in [-0.15, -0.1) is 0 Å². The smallest absolute Gasteiger partial charge is 0.306 e. The SMILES string of the molecule is CC(CCCC(C)C(=O)O)NC(=O)c1ccc[nH]1. The van der Waals surface area contributed by atoms with Gasteiger partial charge in [0, 0.05) is 12.2 Å². The zero-order valence-electron chi connectivity index (χ0n) is 10.8. The third kappa shape index (κ3) is 4.61. The Labute approximate surface area is 107 Å². The highest BCUT2D eigenvalue weighted by Crippen LogP contribution is 2.09. The van der Waals surface area contributed by atoms with Gasteiger partial charge in [-0.1, -0.05) is 13.3 Å². The number of rotatable bonds is 7. The highest BCUT2D eigenvalue weighted by atomic mass is 16.4. The van der Waals surface area contributed by atoms with Crippen LogP contribution in [0, 0.1) is 5.92 Å². The van der Waals surface area contributed by atoms with Crippen LogP contribution in [0.1, 0.15) is 43.6 Å². The Hall–Kier alpha value is -1.78. The van der Waals surface area contributed by atoms with Crippen molar-refractivity contribution < 1.29 is 14.7 Å². The molecule has 5 heteroatoms. The maximum Gasteiger partial charge on any atom is 0.306 e. The Morgan fingerprint density at radius 3 is 2.67 bits per heavy atom. The largest absolute Gasteiger partial charge is 0.481 e. The third-order valence-electron chi connectivity index (χ3n) is 2.92. The van der Waals surface area contributed by atoms with Crippen LogP contribution in [-0.4, -0.2) is 28.0 Å². The number of carboxylic acid groups (broad SMARTS) is 1. The first-order chi connectivity index (χ1) is 8.50. The van der Waals surface area contributed by atoms with Crippen molar-refractivity contribution in [1.82, 2.24) is 10.3 Å². The lowest BCUT2D eigenvalue weighted by Crippen LogP contribution is -2.32. The molecule has 5 nitrogen and oxygen atoms in total. The Morgan fingerprint density at radius 2 is 2.11 bits per heavy atom. The van der Waals surface area contributed by atoms with Gasteiger partial charge in [0.25, 0.3) is 5.91 Å². The van der Waals surface area contributed by atoms with Crippen molar-refractivity contribution >= 4 is 11.9 Å². The number of H-pyrrole nitrogens is 1. The van der Waals surface area contributed by atoms with Gasteiger partial charge in [-0.3, -0.25) is 9.59 Å². The number of hydrogen-bond acceptors (Lipinski definition) is 2. The van der Waals surface area contributed by atoms with Gasteiger partial charge >= 0.3 is 5.97 Å². The quantitative estimate of drug-likeness (QED) is 0.694. The summed E-state index contributed by atoms with van der Waals surface area (Å²) in [5.74, 6) is -1.21. The number of hydrogen-bond donors (Lipinski definition) is 3. The standard InChI is InChI=1S/C13H20N2O3/c1-9(13(17)18)5-3-6-10(2)15-12(16)11-7-4-8-14-11/h4,7-10,14H,3,5-6H2,1-2H3,(H,15,16)(H,17,18). The molecular weight excluding hydrogens is 232 g/mol. The molecule has 0 aliphatic carbocycles. The fourth-order valence-corrected chi connectivity index (χ4v) is 1.70. The average Bonchev–Trinajstić information content (AvgIpc) is 2.81. The van der Waals surface area contributed by atoms with Gasteiger partial charge in [0.15, 0.2) is 0 Å². The first kappa shape index (κ1) is 14.3. The molecule has 1 aromatic heterocycles. The second-order valence-electron chi connectivity index (χ2n) is 4.63. The molecule has 1 aromatic rings. The number of carboxylic acids is 1. The van der Waals surface area contributed by atoms with E-state index in [1.54, 1.807) is 25.3 Å². The molecule has 1 amide bonds. The summed E-state index contributed by atoms with van der Waals surface area (Å²) < 4.78 is 0. The van der Waals surface area contributed by atoms with Gasteiger partial charge in [-0.05, 0) is 31.9 Å². The topological polar surface area (TPSA) is 82.2 Å². The van der Waals surface area contributed by atoms with Gasteiger partial charge in [0.1, 0.15) is 5.69 Å². The Balaban J connectivity index is 2.24. The molecule has 0 aliphatic heterocycles. The van der Waals surface area contributed by atoms with Crippen molar-refractivity contribution in [2.45, 2.75) is 39.2 Å². The van der Waals surface area contributed by atoms with Crippen molar-refractivity contribution in [3.8, 4) is 0 Å². The van der Waals surface area contributed by atoms with E-state index in [4.69, 9.17) is 5.11 Å². The molecule has 0 aromatic carbocycles. The van der Waals surface area contributed by atoms with E-state index in [1.165, 1.54) is 0 Å². The van der Waals surface area contributed by atoms with Crippen molar-refractivity contribution in [2.75, 3.05) is 0 Å². The van der Waals surface area contributed by atoms with Gasteiger partial charge in [0.2, 0.25) is 0 Å². The maximum absolute atomic E-state index is 11.7. The molecule has 0 saturated heterocycles. The number of carbonyl (C=O) groups is 2. The Bertz CT molecular complexity index is 387. The van der Waals surface area contributed by atoms with E-state index in [2.05, 4.69) is 10.3 Å². The molecule has 2 unspecified atom stereocenters. The van der Waals surface area contributed by atoms with E-state index < -0.39 is 5.97 Å². The summed E-state index contributed by atoms with van der Waals surface area (Å²) in [7, 11) is 0. The number of aromatic amines is 1. The van der Waals surface area contributed by atoms with Crippen LogP contribution < -0.4 is 5.32 Å². The molecule has 0 radical (unpaired) electrons. The monoisotopic (exact) mass is 252 g/mol. The average molecular weight is 252 g/mol. The third-order valence-corrected chi connectivity index (χ3v) is 2.92. The van der Waals surface area contributed by atoms with E-state index >= 15 is 0 Å². The second kappa shape index (κ2) is 6.83. The predicted molar refractivity (Wildman–Crippen MR) is 68.4 cm³/mol. The lowest BCUT2D eigenvalue weighted by molar-refractivity contribution is -0.141. The number of carbonyl (C=O) groups excluding carboxylic acids is 1. The molecule has 18 heavy (non-hydrogen) atoms. The molecule has 0 saturated carbocycles. The predicted octanol–water partition coefficient (Wildman–Crippen LogP) is 2.02. The van der Waals surface area contributed by atoms with Gasteiger partial charge in [0.05, 0.1) is 5.92 Å². The normalized spacial score (nSPS) is 13.9. The molecule has 0 spiro atoms. The lowest BCUT2D eigenvalue weighted by atomic mass is 10.0. The number of aliphatic carboxylic acids is 1. The minimum absolute atomic E-state index is 0.0433. The van der Waals surface area contributed by atoms with E-state index in [-0.39, 0.29) is 17.9 Å². The fourth-order valence-electron chi connectivity index (χ4n) is 1.70. The van der Waals surface area contributed by atoms with Crippen molar-refractivity contribution in [3.05, 3.63) is 24.0 Å². The summed E-state index contributed by atoms with van der Waals surface area (Å²) in [6.45, 7) is 3.62. The van der Waals surface area contributed by atoms with Crippen LogP contribution in [0.4, 0.5) is 0 Å². The highest BCUT2D eigenvalue weighted by molar-refractivity contribution is 5.92. The minimum Gasteiger partial charge on any atom is -0.481 e. The Kier molecular flexibility index (Phi) is 5.42. The van der Waals surface area contributed by atoms with E-state index in [1.807, 2.05) is 6.92 Å². The molecule has 100 valence electrons. The molecule has 1 heterocycles. The second-order valence-corrected chi connectivity index (χ2v) is 4.63. The summed E-state index contributed by atoms with van der Waals surface area (Å²) in [5, 5.41) is 11.6. The molecule has 0 fully saturated rings. The van der Waals surface area contributed by atoms with Crippen molar-refractivity contribution in [2.24, 2.45) is 5.92 Å². The molecule has 1 rings (SSSR count). The zero-order chi connectivity index (χ0) is 13.5. The minimum atomic E-state index is -0.766. The summed E-state index contributed by atoms with van der Waals surface area (Å²) in [5.41, 5.74) is 0.542. The van der Waals surface area contributed by atoms with Gasteiger partial charge in [-0.25, -0.2) is 0 Å². The first-order valence-corrected chi connectivity index (χ1v) is 6.17. The van der Waals surface area contributed by atoms with E-state index in [9.17, 15) is 9.59 Å². The Morgan fingerprint density at radius 1 is 1.39 bits per heavy atom. The zero-order valence-corrected chi connectivity index (χ0v) is 10.8. The van der Waals surface area contributed by atoms with Gasteiger partial charge in [-0.2, -0.15) is 0 Å². The summed E-state index contributed by atoms with van der Waals surface area (Å²) >= 11 is 0. The lowest BCUT2D eigenvalue weighted by Gasteiger charge is -2.14. The molecule has 3 N–H and O–H groups in total. The molecule has 2 atom stereocenters. The molecule has 0 aliphatic rings. The number of amides is 1. The summed E-state index contributed by atoms with van der Waals surface area (Å²) in [4.78, 5) is 25.2. The van der Waals surface area contributed by atoms with Crippen LogP contribution >= 0.6 is 0 Å². The van der Waals surface area contributed by atoms with Crippen LogP contribution in [0.2, 0.25) is 0 Å². The first-order valence-electron chi connectivity index (χ1n) is 6.17. The van der Waals surface area contributed by atoms with Crippen LogP contribution in [0.5, 0.6) is 0 Å². The summed E-state index contributed by atoms with van der Waals surface area (Å²) in [6.07, 6.45) is 3.91. The van der Waals surface area contributed by atoms with Gasteiger partial charge < -0.3 is 15.4 Å². The van der Waals surface area contributed by atoms with Crippen molar-refractivity contribution in [1.29, 1.82) is 0 Å².